The molecule has 1 amide bonds. The zero-order valence-corrected chi connectivity index (χ0v) is 16.6. The zero-order valence-electron chi connectivity index (χ0n) is 16.6. The molecule has 2 aromatic heterocycles. The van der Waals surface area contributed by atoms with E-state index < -0.39 is 0 Å². The molecule has 6 heteroatoms. The van der Waals surface area contributed by atoms with Gasteiger partial charge in [0.05, 0.1) is 6.54 Å². The van der Waals surface area contributed by atoms with Crippen LogP contribution in [-0.4, -0.2) is 39.5 Å². The van der Waals surface area contributed by atoms with E-state index in [1.54, 1.807) is 0 Å². The maximum Gasteiger partial charge on any atom is 0.290 e. The van der Waals surface area contributed by atoms with Crippen LogP contribution in [0.15, 0.2) is 22.9 Å². The molecule has 0 bridgehead atoms. The van der Waals surface area contributed by atoms with Crippen molar-refractivity contribution in [1.29, 1.82) is 0 Å². The number of carbonyl (C=O) groups is 1. The van der Waals surface area contributed by atoms with Gasteiger partial charge in [0, 0.05) is 31.4 Å². The summed E-state index contributed by atoms with van der Waals surface area (Å²) in [5.41, 5.74) is 1.34. The third-order valence-corrected chi connectivity index (χ3v) is 6.39. The lowest BCUT2D eigenvalue weighted by Gasteiger charge is -2.29. The molecular weight excluding hydrogens is 340 g/mol. The maximum absolute atomic E-state index is 13.4. The number of hydrogen-bond donors (Lipinski definition) is 1. The van der Waals surface area contributed by atoms with E-state index in [1.165, 1.54) is 0 Å². The first-order chi connectivity index (χ1) is 13.1. The number of carbonyl (C=O) groups excluding carboxylic acids is 1. The molecule has 1 aliphatic carbocycles. The van der Waals surface area contributed by atoms with E-state index in [9.17, 15) is 4.79 Å². The van der Waals surface area contributed by atoms with Gasteiger partial charge in [-0.25, -0.2) is 4.98 Å². The van der Waals surface area contributed by atoms with E-state index in [1.807, 2.05) is 30.3 Å². The Morgan fingerprint density at radius 1 is 1.41 bits per heavy atom. The van der Waals surface area contributed by atoms with Gasteiger partial charge in [0.1, 0.15) is 11.6 Å². The summed E-state index contributed by atoms with van der Waals surface area (Å²) in [5.74, 6) is 2.32. The standard InChI is InChI=1S/C21H30N4O2/c1-4-16-15(3)12-17(27-16)20(26)25(14-19-23-10-11-24(19)5-2)18-13-21(18)6-8-22-9-7-21/h10-12,18,22H,4-9,13-14H2,1-3H3/t18-/m0/s1. The van der Waals surface area contributed by atoms with Crippen LogP contribution in [0.4, 0.5) is 0 Å². The van der Waals surface area contributed by atoms with Crippen molar-refractivity contribution in [2.24, 2.45) is 5.41 Å². The smallest absolute Gasteiger partial charge is 0.290 e. The fourth-order valence-corrected chi connectivity index (χ4v) is 4.60. The molecule has 2 fully saturated rings. The Morgan fingerprint density at radius 2 is 2.19 bits per heavy atom. The SMILES string of the molecule is CCc1oc(C(=O)N(Cc2nccn2CC)[C@H]2CC23CCNCC3)cc1C. The number of amides is 1. The number of aryl methyl sites for hydroxylation is 3. The van der Waals surface area contributed by atoms with Crippen LogP contribution in [0, 0.1) is 12.3 Å². The Morgan fingerprint density at radius 3 is 2.85 bits per heavy atom. The van der Waals surface area contributed by atoms with Crippen molar-refractivity contribution in [3.63, 3.8) is 0 Å². The minimum atomic E-state index is 0.00357. The minimum Gasteiger partial charge on any atom is -0.456 e. The van der Waals surface area contributed by atoms with Crippen LogP contribution in [0.1, 0.15) is 60.8 Å². The van der Waals surface area contributed by atoms with Gasteiger partial charge in [-0.3, -0.25) is 4.79 Å². The van der Waals surface area contributed by atoms with Crippen molar-refractivity contribution in [3.05, 3.63) is 41.4 Å². The van der Waals surface area contributed by atoms with Crippen molar-refractivity contribution in [1.82, 2.24) is 19.8 Å². The molecule has 1 N–H and O–H groups in total. The Kier molecular flexibility index (Phi) is 4.84. The maximum atomic E-state index is 13.4. The van der Waals surface area contributed by atoms with Crippen molar-refractivity contribution < 1.29 is 9.21 Å². The highest BCUT2D eigenvalue weighted by Gasteiger charge is 2.58. The van der Waals surface area contributed by atoms with Gasteiger partial charge in [0.15, 0.2) is 5.76 Å². The van der Waals surface area contributed by atoms with E-state index in [0.29, 0.717) is 12.3 Å². The summed E-state index contributed by atoms with van der Waals surface area (Å²) in [6, 6.07) is 2.18. The fraction of sp³-hybridized carbons (Fsp3) is 0.619. The van der Waals surface area contributed by atoms with Gasteiger partial charge in [-0.05, 0) is 63.2 Å². The summed E-state index contributed by atoms with van der Waals surface area (Å²) < 4.78 is 8.02. The molecule has 1 aliphatic heterocycles. The molecule has 4 rings (SSSR count). The van der Waals surface area contributed by atoms with Crippen LogP contribution in [0.3, 0.4) is 0 Å². The first-order valence-electron chi connectivity index (χ1n) is 10.2. The molecule has 6 nitrogen and oxygen atoms in total. The second-order valence-corrected chi connectivity index (χ2v) is 7.97. The number of rotatable bonds is 6. The van der Waals surface area contributed by atoms with E-state index in [-0.39, 0.29) is 17.4 Å². The quantitative estimate of drug-likeness (QED) is 0.848. The van der Waals surface area contributed by atoms with Crippen LogP contribution >= 0.6 is 0 Å². The highest BCUT2D eigenvalue weighted by Crippen LogP contribution is 2.56. The van der Waals surface area contributed by atoms with E-state index >= 15 is 0 Å². The highest BCUT2D eigenvalue weighted by molar-refractivity contribution is 5.92. The zero-order chi connectivity index (χ0) is 19.0. The minimum absolute atomic E-state index is 0.00357. The number of nitrogens with one attached hydrogen (secondary N) is 1. The number of nitrogens with zero attached hydrogens (tertiary/aromatic N) is 3. The fourth-order valence-electron chi connectivity index (χ4n) is 4.60. The van der Waals surface area contributed by atoms with Gasteiger partial charge in [0.25, 0.3) is 5.91 Å². The van der Waals surface area contributed by atoms with Gasteiger partial charge in [-0.2, -0.15) is 0 Å². The van der Waals surface area contributed by atoms with Gasteiger partial charge in [-0.15, -0.1) is 0 Å². The lowest BCUT2D eigenvalue weighted by molar-refractivity contribution is 0.0650. The molecule has 27 heavy (non-hydrogen) atoms. The number of furan rings is 1. The predicted molar refractivity (Wildman–Crippen MR) is 104 cm³/mol. The van der Waals surface area contributed by atoms with Crippen LogP contribution < -0.4 is 5.32 Å². The third kappa shape index (κ3) is 3.31. The van der Waals surface area contributed by atoms with Gasteiger partial charge in [0.2, 0.25) is 0 Å². The summed E-state index contributed by atoms with van der Waals surface area (Å²) in [6.07, 6.45) is 7.98. The summed E-state index contributed by atoms with van der Waals surface area (Å²) in [6.45, 7) is 9.66. The normalized spacial score (nSPS) is 20.8. The molecule has 1 saturated heterocycles. The number of aromatic nitrogens is 2. The average Bonchev–Trinajstić information content (AvgIpc) is 3.03. The van der Waals surface area contributed by atoms with Crippen LogP contribution in [0.25, 0.3) is 0 Å². The molecule has 1 saturated carbocycles. The largest absolute Gasteiger partial charge is 0.456 e. The van der Waals surface area contributed by atoms with Crippen LogP contribution in [-0.2, 0) is 19.5 Å². The third-order valence-electron chi connectivity index (χ3n) is 6.39. The average molecular weight is 370 g/mol. The van der Waals surface area contributed by atoms with Gasteiger partial charge >= 0.3 is 0 Å². The van der Waals surface area contributed by atoms with E-state index in [4.69, 9.17) is 4.42 Å². The van der Waals surface area contributed by atoms with Crippen LogP contribution in [0.5, 0.6) is 0 Å². The molecule has 0 radical (unpaired) electrons. The van der Waals surface area contributed by atoms with Crippen molar-refractivity contribution in [2.75, 3.05) is 13.1 Å². The first kappa shape index (κ1) is 18.3. The number of piperidine rings is 1. The first-order valence-corrected chi connectivity index (χ1v) is 10.2. The molecule has 146 valence electrons. The van der Waals surface area contributed by atoms with E-state index in [0.717, 1.165) is 62.5 Å². The molecule has 0 unspecified atom stereocenters. The van der Waals surface area contributed by atoms with Crippen molar-refractivity contribution in [2.45, 2.75) is 65.6 Å². The molecule has 0 aromatic carbocycles. The van der Waals surface area contributed by atoms with E-state index in [2.05, 4.69) is 28.7 Å². The molecule has 3 heterocycles. The van der Waals surface area contributed by atoms with Gasteiger partial charge in [-0.1, -0.05) is 6.92 Å². The molecule has 2 aromatic rings. The lowest BCUT2D eigenvalue weighted by atomic mass is 9.93. The molecule has 2 aliphatic rings. The number of imidazole rings is 1. The monoisotopic (exact) mass is 370 g/mol. The number of hydrogen-bond acceptors (Lipinski definition) is 4. The summed E-state index contributed by atoms with van der Waals surface area (Å²) in [4.78, 5) is 20.0. The van der Waals surface area contributed by atoms with Crippen LogP contribution in [0.2, 0.25) is 0 Å². The molecular formula is C21H30N4O2. The Bertz CT molecular complexity index is 816. The van der Waals surface area contributed by atoms with Crippen molar-refractivity contribution in [3.8, 4) is 0 Å². The topological polar surface area (TPSA) is 63.3 Å². The molecule has 1 atom stereocenters. The second kappa shape index (κ2) is 7.15. The lowest BCUT2D eigenvalue weighted by Crippen LogP contribution is -2.39. The predicted octanol–water partition coefficient (Wildman–Crippen LogP) is 3.15. The Labute approximate surface area is 160 Å². The highest BCUT2D eigenvalue weighted by atomic mass is 16.4. The Balaban J connectivity index is 1.62. The van der Waals surface area contributed by atoms with Gasteiger partial charge < -0.3 is 19.2 Å². The Hall–Kier alpha value is -2.08. The summed E-state index contributed by atoms with van der Waals surface area (Å²) >= 11 is 0. The molecule has 1 spiro atoms. The second-order valence-electron chi connectivity index (χ2n) is 7.97. The van der Waals surface area contributed by atoms with Crippen molar-refractivity contribution >= 4 is 5.91 Å². The summed E-state index contributed by atoms with van der Waals surface area (Å²) in [7, 11) is 0. The summed E-state index contributed by atoms with van der Waals surface area (Å²) in [5, 5.41) is 3.44.